The molecule has 0 saturated heterocycles. The summed E-state index contributed by atoms with van der Waals surface area (Å²) in [5.74, 6) is -0.246. The molecule has 0 radical (unpaired) electrons. The molecule has 1 N–H and O–H groups in total. The number of ether oxygens (including phenoxy) is 1. The van der Waals surface area contributed by atoms with Crippen LogP contribution < -0.4 is 5.32 Å². The third-order valence-corrected chi connectivity index (χ3v) is 4.03. The van der Waals surface area contributed by atoms with Crippen LogP contribution in [0.4, 0.5) is 5.69 Å². The topological polar surface area (TPSA) is 51.2 Å². The fourth-order valence-corrected chi connectivity index (χ4v) is 2.83. The van der Waals surface area contributed by atoms with Gasteiger partial charge in [0.15, 0.2) is 0 Å². The summed E-state index contributed by atoms with van der Waals surface area (Å²) in [5.41, 5.74) is 4.53. The molecule has 4 heteroatoms. The average Bonchev–Trinajstić information content (AvgIpc) is 2.63. The number of methoxy groups -OCH3 is 1. The minimum absolute atomic E-state index is 0.246. The van der Waals surface area contributed by atoms with Crippen LogP contribution in [0.25, 0.3) is 22.0 Å². The molecular formula is C21H20N2O2. The highest BCUT2D eigenvalue weighted by atomic mass is 16.5. The van der Waals surface area contributed by atoms with E-state index in [4.69, 9.17) is 4.74 Å². The molecule has 0 spiro atoms. The lowest BCUT2D eigenvalue weighted by Gasteiger charge is -2.14. The predicted molar refractivity (Wildman–Crippen MR) is 101 cm³/mol. The van der Waals surface area contributed by atoms with Crippen LogP contribution in [0.15, 0.2) is 61.2 Å². The van der Waals surface area contributed by atoms with Gasteiger partial charge < -0.3 is 10.1 Å². The smallest absolute Gasteiger partial charge is 0.247 e. The SMILES string of the molecule is C=CC(=O)Nc1c(COC)ccc2ccc(-c3cccc(C)n3)cc12. The number of rotatable bonds is 5. The number of carbonyl (C=O) groups is 1. The third-order valence-electron chi connectivity index (χ3n) is 4.03. The summed E-state index contributed by atoms with van der Waals surface area (Å²) in [4.78, 5) is 16.5. The first-order valence-corrected chi connectivity index (χ1v) is 8.04. The van der Waals surface area contributed by atoms with E-state index < -0.39 is 0 Å². The van der Waals surface area contributed by atoms with Crippen molar-refractivity contribution < 1.29 is 9.53 Å². The third kappa shape index (κ3) is 3.59. The van der Waals surface area contributed by atoms with E-state index in [0.717, 1.165) is 39.0 Å². The number of aryl methyl sites for hydroxylation is 1. The summed E-state index contributed by atoms with van der Waals surface area (Å²) in [6, 6.07) is 16.1. The van der Waals surface area contributed by atoms with Gasteiger partial charge in [-0.15, -0.1) is 0 Å². The van der Waals surface area contributed by atoms with Crippen LogP contribution in [-0.2, 0) is 16.1 Å². The van der Waals surface area contributed by atoms with Crippen molar-refractivity contribution in [3.8, 4) is 11.3 Å². The molecule has 2 aromatic carbocycles. The minimum atomic E-state index is -0.246. The van der Waals surface area contributed by atoms with Crippen molar-refractivity contribution in [3.05, 3.63) is 72.4 Å². The summed E-state index contributed by atoms with van der Waals surface area (Å²) in [7, 11) is 1.64. The molecule has 1 amide bonds. The average molecular weight is 332 g/mol. The molecule has 1 heterocycles. The molecule has 126 valence electrons. The highest BCUT2D eigenvalue weighted by molar-refractivity contribution is 6.07. The number of carbonyl (C=O) groups excluding carboxylic acids is 1. The van der Waals surface area contributed by atoms with Gasteiger partial charge in [-0.3, -0.25) is 9.78 Å². The second kappa shape index (κ2) is 7.28. The van der Waals surface area contributed by atoms with Gasteiger partial charge in [-0.2, -0.15) is 0 Å². The molecule has 0 aliphatic heterocycles. The number of benzene rings is 2. The van der Waals surface area contributed by atoms with Crippen LogP contribution >= 0.6 is 0 Å². The molecule has 3 aromatic rings. The van der Waals surface area contributed by atoms with E-state index >= 15 is 0 Å². The van der Waals surface area contributed by atoms with Gasteiger partial charge in [0.2, 0.25) is 5.91 Å². The zero-order chi connectivity index (χ0) is 17.8. The Labute approximate surface area is 147 Å². The maximum atomic E-state index is 11.9. The zero-order valence-corrected chi connectivity index (χ0v) is 14.4. The number of aromatic nitrogens is 1. The molecule has 25 heavy (non-hydrogen) atoms. The van der Waals surface area contributed by atoms with E-state index in [1.807, 2.05) is 49.4 Å². The van der Waals surface area contributed by atoms with Crippen LogP contribution in [-0.4, -0.2) is 18.0 Å². The number of amides is 1. The van der Waals surface area contributed by atoms with Crippen molar-refractivity contribution in [2.45, 2.75) is 13.5 Å². The number of nitrogens with zero attached hydrogens (tertiary/aromatic N) is 1. The monoisotopic (exact) mass is 332 g/mol. The Balaban J connectivity index is 2.19. The van der Waals surface area contributed by atoms with E-state index in [0.29, 0.717) is 6.61 Å². The lowest BCUT2D eigenvalue weighted by atomic mass is 10.00. The van der Waals surface area contributed by atoms with Gasteiger partial charge in [0, 0.05) is 29.3 Å². The second-order valence-electron chi connectivity index (χ2n) is 5.83. The molecule has 3 rings (SSSR count). The Hall–Kier alpha value is -2.98. The molecule has 4 nitrogen and oxygen atoms in total. The van der Waals surface area contributed by atoms with Gasteiger partial charge in [-0.1, -0.05) is 36.9 Å². The van der Waals surface area contributed by atoms with E-state index in [-0.39, 0.29) is 5.91 Å². The van der Waals surface area contributed by atoms with Crippen molar-refractivity contribution in [2.24, 2.45) is 0 Å². The largest absolute Gasteiger partial charge is 0.380 e. The number of nitrogens with one attached hydrogen (secondary N) is 1. The molecule has 0 aliphatic rings. The molecule has 0 unspecified atom stereocenters. The van der Waals surface area contributed by atoms with E-state index in [1.165, 1.54) is 6.08 Å². The van der Waals surface area contributed by atoms with Crippen molar-refractivity contribution in [2.75, 3.05) is 12.4 Å². The molecule has 0 bridgehead atoms. The quantitative estimate of drug-likeness (QED) is 0.701. The summed E-state index contributed by atoms with van der Waals surface area (Å²) < 4.78 is 5.27. The van der Waals surface area contributed by atoms with E-state index in [1.54, 1.807) is 7.11 Å². The van der Waals surface area contributed by atoms with Gasteiger partial charge in [0.1, 0.15) is 0 Å². The number of hydrogen-bond acceptors (Lipinski definition) is 3. The van der Waals surface area contributed by atoms with Crippen molar-refractivity contribution in [3.63, 3.8) is 0 Å². The predicted octanol–water partition coefficient (Wildman–Crippen LogP) is 4.48. The normalized spacial score (nSPS) is 10.6. The maximum Gasteiger partial charge on any atom is 0.247 e. The number of fused-ring (bicyclic) bond motifs is 1. The van der Waals surface area contributed by atoms with E-state index in [2.05, 4.69) is 22.9 Å². The molecule has 0 atom stereocenters. The zero-order valence-electron chi connectivity index (χ0n) is 14.4. The Morgan fingerprint density at radius 3 is 2.76 bits per heavy atom. The van der Waals surface area contributed by atoms with Gasteiger partial charge in [-0.05, 0) is 36.6 Å². The van der Waals surface area contributed by atoms with Crippen LogP contribution in [0.2, 0.25) is 0 Å². The second-order valence-corrected chi connectivity index (χ2v) is 5.83. The molecule has 0 saturated carbocycles. The number of anilines is 1. The Kier molecular flexibility index (Phi) is 4.91. The van der Waals surface area contributed by atoms with Crippen LogP contribution in [0.5, 0.6) is 0 Å². The number of hydrogen-bond donors (Lipinski definition) is 1. The van der Waals surface area contributed by atoms with Gasteiger partial charge in [0.05, 0.1) is 18.0 Å². The fourth-order valence-electron chi connectivity index (χ4n) is 2.83. The van der Waals surface area contributed by atoms with Crippen molar-refractivity contribution in [1.82, 2.24) is 4.98 Å². The Morgan fingerprint density at radius 1 is 1.24 bits per heavy atom. The van der Waals surface area contributed by atoms with Crippen molar-refractivity contribution in [1.29, 1.82) is 0 Å². The maximum absolute atomic E-state index is 11.9. The van der Waals surface area contributed by atoms with E-state index in [9.17, 15) is 4.79 Å². The summed E-state index contributed by atoms with van der Waals surface area (Å²) >= 11 is 0. The molecule has 0 fully saturated rings. The van der Waals surface area contributed by atoms with Crippen LogP contribution in [0, 0.1) is 6.92 Å². The summed E-state index contributed by atoms with van der Waals surface area (Å²) in [6.07, 6.45) is 1.27. The fraction of sp³-hybridized carbons (Fsp3) is 0.143. The first-order chi connectivity index (χ1) is 12.1. The minimum Gasteiger partial charge on any atom is -0.380 e. The highest BCUT2D eigenvalue weighted by Crippen LogP contribution is 2.32. The van der Waals surface area contributed by atoms with Gasteiger partial charge >= 0.3 is 0 Å². The first-order valence-electron chi connectivity index (χ1n) is 8.04. The molecular weight excluding hydrogens is 312 g/mol. The number of pyridine rings is 1. The summed E-state index contributed by atoms with van der Waals surface area (Å²) in [6.45, 7) is 5.92. The Bertz CT molecular complexity index is 948. The standard InChI is InChI=1S/C21H20N2O2/c1-4-20(24)23-21-17(13-25-3)11-9-15-8-10-16(12-18(15)21)19-7-5-6-14(2)22-19/h4-12H,1,13H2,2-3H3,(H,23,24). The summed E-state index contributed by atoms with van der Waals surface area (Å²) in [5, 5.41) is 4.91. The highest BCUT2D eigenvalue weighted by Gasteiger charge is 2.11. The molecule has 0 aliphatic carbocycles. The van der Waals surface area contributed by atoms with Gasteiger partial charge in [-0.25, -0.2) is 0 Å². The van der Waals surface area contributed by atoms with Crippen molar-refractivity contribution >= 4 is 22.4 Å². The lowest BCUT2D eigenvalue weighted by Crippen LogP contribution is -2.10. The Morgan fingerprint density at radius 2 is 2.04 bits per heavy atom. The lowest BCUT2D eigenvalue weighted by molar-refractivity contribution is -0.111. The van der Waals surface area contributed by atoms with Gasteiger partial charge in [0.25, 0.3) is 0 Å². The van der Waals surface area contributed by atoms with Crippen LogP contribution in [0.1, 0.15) is 11.3 Å². The van der Waals surface area contributed by atoms with Crippen LogP contribution in [0.3, 0.4) is 0 Å². The molecule has 1 aromatic heterocycles. The first kappa shape index (κ1) is 16.9.